The van der Waals surface area contributed by atoms with Gasteiger partial charge in [0.15, 0.2) is 5.96 Å². The van der Waals surface area contributed by atoms with E-state index in [1.165, 1.54) is 0 Å². The number of aliphatic imine (C=N–C) groups is 1. The molecule has 0 unspecified atom stereocenters. The van der Waals surface area contributed by atoms with Crippen LogP contribution >= 0.6 is 11.6 Å². The number of nitrogens with zero attached hydrogens (tertiary/aromatic N) is 2. The molecule has 7 nitrogen and oxygen atoms in total. The van der Waals surface area contributed by atoms with Gasteiger partial charge in [0.05, 0.1) is 13.2 Å². The minimum absolute atomic E-state index is 0.0639. The Labute approximate surface area is 154 Å². The summed E-state index contributed by atoms with van der Waals surface area (Å²) in [4.78, 5) is 18.0. The molecule has 1 aromatic rings. The summed E-state index contributed by atoms with van der Waals surface area (Å²) in [7, 11) is 3.49. The highest BCUT2D eigenvalue weighted by Crippen LogP contribution is 2.15. The van der Waals surface area contributed by atoms with Crippen LogP contribution in [0.2, 0.25) is 5.02 Å². The molecule has 8 heteroatoms. The number of benzene rings is 1. The van der Waals surface area contributed by atoms with Gasteiger partial charge in [-0.25, -0.2) is 4.99 Å². The van der Waals surface area contributed by atoms with E-state index in [4.69, 9.17) is 21.1 Å². The maximum atomic E-state index is 11.7. The summed E-state index contributed by atoms with van der Waals surface area (Å²) in [6, 6.07) is 7.22. The van der Waals surface area contributed by atoms with Crippen molar-refractivity contribution >= 4 is 23.5 Å². The number of nitrogens with one attached hydrogen (secondary N) is 2. The molecule has 0 saturated carbocycles. The molecule has 0 heterocycles. The maximum Gasteiger partial charge on any atom is 0.241 e. The number of halogens is 1. The highest BCUT2D eigenvalue weighted by Gasteiger charge is 2.07. The van der Waals surface area contributed by atoms with E-state index in [1.807, 2.05) is 31.0 Å². The van der Waals surface area contributed by atoms with Crippen molar-refractivity contribution in [3.63, 3.8) is 0 Å². The lowest BCUT2D eigenvalue weighted by Gasteiger charge is -2.22. The smallest absolute Gasteiger partial charge is 0.241 e. The van der Waals surface area contributed by atoms with Crippen molar-refractivity contribution in [3.8, 4) is 5.75 Å². The molecule has 0 bridgehead atoms. The van der Waals surface area contributed by atoms with Crippen LogP contribution in [0.1, 0.15) is 6.92 Å². The quantitative estimate of drug-likeness (QED) is 0.370. The number of rotatable bonds is 10. The lowest BCUT2D eigenvalue weighted by atomic mass is 10.3. The highest BCUT2D eigenvalue weighted by atomic mass is 35.5. The molecule has 0 aromatic heterocycles. The highest BCUT2D eigenvalue weighted by molar-refractivity contribution is 6.30. The van der Waals surface area contributed by atoms with Gasteiger partial charge in [0.2, 0.25) is 5.91 Å². The SMILES string of the molecule is CCNC(=NCC(=O)NCCOC)N(C)CCOc1ccc(Cl)cc1. The van der Waals surface area contributed by atoms with E-state index in [0.29, 0.717) is 43.8 Å². The summed E-state index contributed by atoms with van der Waals surface area (Å²) in [5, 5.41) is 6.57. The van der Waals surface area contributed by atoms with E-state index in [1.54, 1.807) is 19.2 Å². The predicted molar refractivity (Wildman–Crippen MR) is 100 cm³/mol. The monoisotopic (exact) mass is 370 g/mol. The fourth-order valence-corrected chi connectivity index (χ4v) is 2.03. The van der Waals surface area contributed by atoms with Gasteiger partial charge in [-0.3, -0.25) is 4.79 Å². The van der Waals surface area contributed by atoms with E-state index < -0.39 is 0 Å². The number of ether oxygens (including phenoxy) is 2. The Balaban J connectivity index is 2.43. The van der Waals surface area contributed by atoms with Gasteiger partial charge in [-0.15, -0.1) is 0 Å². The van der Waals surface area contributed by atoms with Gasteiger partial charge >= 0.3 is 0 Å². The molecular weight excluding hydrogens is 344 g/mol. The van der Waals surface area contributed by atoms with Crippen LogP contribution in [0.25, 0.3) is 0 Å². The first kappa shape index (κ1) is 21.1. The Hall–Kier alpha value is -1.99. The van der Waals surface area contributed by atoms with Crippen molar-refractivity contribution in [1.29, 1.82) is 0 Å². The minimum Gasteiger partial charge on any atom is -0.492 e. The zero-order chi connectivity index (χ0) is 18.5. The molecule has 0 aliphatic rings. The van der Waals surface area contributed by atoms with Crippen LogP contribution in [-0.2, 0) is 9.53 Å². The molecule has 140 valence electrons. The molecule has 0 atom stereocenters. The minimum atomic E-state index is -0.140. The second kappa shape index (κ2) is 12.4. The zero-order valence-corrected chi connectivity index (χ0v) is 15.8. The number of hydrogen-bond acceptors (Lipinski definition) is 4. The molecule has 1 amide bonds. The summed E-state index contributed by atoms with van der Waals surface area (Å²) in [5.74, 6) is 1.28. The Morgan fingerprint density at radius 1 is 1.24 bits per heavy atom. The van der Waals surface area contributed by atoms with Crippen molar-refractivity contribution in [2.45, 2.75) is 6.92 Å². The molecule has 2 N–H and O–H groups in total. The number of carbonyl (C=O) groups excluding carboxylic acids is 1. The predicted octanol–water partition coefficient (Wildman–Crippen LogP) is 1.38. The summed E-state index contributed by atoms with van der Waals surface area (Å²) in [6.07, 6.45) is 0. The largest absolute Gasteiger partial charge is 0.492 e. The topological polar surface area (TPSA) is 75.2 Å². The molecule has 0 aliphatic carbocycles. The third-order valence-corrected chi connectivity index (χ3v) is 3.46. The van der Waals surface area contributed by atoms with Crippen LogP contribution in [0.5, 0.6) is 5.75 Å². The first-order valence-electron chi connectivity index (χ1n) is 8.20. The number of likely N-dealkylation sites (N-methyl/N-ethyl adjacent to an activating group) is 1. The Morgan fingerprint density at radius 2 is 1.96 bits per heavy atom. The van der Waals surface area contributed by atoms with Crippen molar-refractivity contribution in [2.75, 3.05) is 53.6 Å². The summed E-state index contributed by atoms with van der Waals surface area (Å²) in [5.41, 5.74) is 0. The van der Waals surface area contributed by atoms with Crippen molar-refractivity contribution in [2.24, 2.45) is 4.99 Å². The van der Waals surface area contributed by atoms with Gasteiger partial charge in [-0.1, -0.05) is 11.6 Å². The van der Waals surface area contributed by atoms with E-state index in [0.717, 1.165) is 5.75 Å². The van der Waals surface area contributed by atoms with Crippen LogP contribution in [0.15, 0.2) is 29.3 Å². The molecular formula is C17H27ClN4O3. The van der Waals surface area contributed by atoms with E-state index in [-0.39, 0.29) is 12.5 Å². The van der Waals surface area contributed by atoms with Gasteiger partial charge in [0.25, 0.3) is 0 Å². The molecule has 0 aliphatic heterocycles. The fraction of sp³-hybridized carbons (Fsp3) is 0.529. The molecule has 0 radical (unpaired) electrons. The van der Waals surface area contributed by atoms with Gasteiger partial charge < -0.3 is 25.0 Å². The van der Waals surface area contributed by atoms with Gasteiger partial charge in [0.1, 0.15) is 18.9 Å². The van der Waals surface area contributed by atoms with E-state index in [2.05, 4.69) is 15.6 Å². The van der Waals surface area contributed by atoms with Crippen LogP contribution < -0.4 is 15.4 Å². The average Bonchev–Trinajstić information content (AvgIpc) is 2.60. The third kappa shape index (κ3) is 9.16. The average molecular weight is 371 g/mol. The van der Waals surface area contributed by atoms with E-state index in [9.17, 15) is 4.79 Å². The molecule has 25 heavy (non-hydrogen) atoms. The van der Waals surface area contributed by atoms with Gasteiger partial charge in [-0.2, -0.15) is 0 Å². The number of amides is 1. The second-order valence-corrected chi connectivity index (χ2v) is 5.67. The lowest BCUT2D eigenvalue weighted by molar-refractivity contribution is -0.119. The Bertz CT molecular complexity index is 537. The molecule has 0 fully saturated rings. The van der Waals surface area contributed by atoms with Crippen LogP contribution in [0.3, 0.4) is 0 Å². The fourth-order valence-electron chi connectivity index (χ4n) is 1.90. The number of hydrogen-bond donors (Lipinski definition) is 2. The van der Waals surface area contributed by atoms with Crippen LogP contribution in [0.4, 0.5) is 0 Å². The first-order chi connectivity index (χ1) is 12.1. The van der Waals surface area contributed by atoms with Crippen molar-refractivity contribution < 1.29 is 14.3 Å². The van der Waals surface area contributed by atoms with Crippen molar-refractivity contribution in [3.05, 3.63) is 29.3 Å². The van der Waals surface area contributed by atoms with Crippen LogP contribution in [0, 0.1) is 0 Å². The summed E-state index contributed by atoms with van der Waals surface area (Å²) < 4.78 is 10.6. The Kier molecular flexibility index (Phi) is 10.4. The molecule has 1 rings (SSSR count). The number of methoxy groups -OCH3 is 1. The Morgan fingerprint density at radius 3 is 2.60 bits per heavy atom. The summed E-state index contributed by atoms with van der Waals surface area (Å²) >= 11 is 5.85. The maximum absolute atomic E-state index is 11.7. The van der Waals surface area contributed by atoms with Gasteiger partial charge in [0, 0.05) is 32.3 Å². The van der Waals surface area contributed by atoms with Crippen molar-refractivity contribution in [1.82, 2.24) is 15.5 Å². The third-order valence-electron chi connectivity index (χ3n) is 3.21. The molecule has 0 spiro atoms. The number of carbonyl (C=O) groups is 1. The van der Waals surface area contributed by atoms with E-state index >= 15 is 0 Å². The van der Waals surface area contributed by atoms with Gasteiger partial charge in [-0.05, 0) is 31.2 Å². The summed E-state index contributed by atoms with van der Waals surface area (Å²) in [6.45, 7) is 4.83. The van der Waals surface area contributed by atoms with Crippen LogP contribution in [-0.4, -0.2) is 70.3 Å². The standard InChI is InChI=1S/C17H27ClN4O3/c1-4-19-17(21-13-16(23)20-9-11-24-3)22(2)10-12-25-15-7-5-14(18)6-8-15/h5-8H,4,9-13H2,1-3H3,(H,19,21)(H,20,23). The molecule has 0 saturated heterocycles. The zero-order valence-electron chi connectivity index (χ0n) is 15.0. The second-order valence-electron chi connectivity index (χ2n) is 5.24. The molecule has 1 aromatic carbocycles. The number of guanidine groups is 1. The normalized spacial score (nSPS) is 11.1. The first-order valence-corrected chi connectivity index (χ1v) is 8.58. The lowest BCUT2D eigenvalue weighted by Crippen LogP contribution is -2.41.